The molecular formula is C23H25F4N3O. The van der Waals surface area contributed by atoms with Gasteiger partial charge in [0.25, 0.3) is 0 Å². The molecule has 0 unspecified atom stereocenters. The lowest BCUT2D eigenvalue weighted by atomic mass is 9.75. The van der Waals surface area contributed by atoms with Gasteiger partial charge in [0.05, 0.1) is 29.1 Å². The molecule has 31 heavy (non-hydrogen) atoms. The highest BCUT2D eigenvalue weighted by atomic mass is 19.4. The normalized spacial score (nSPS) is 21.1. The second-order valence-electron chi connectivity index (χ2n) is 8.71. The Morgan fingerprint density at radius 1 is 1.19 bits per heavy atom. The Hall–Kier alpha value is -2.50. The van der Waals surface area contributed by atoms with Gasteiger partial charge in [0, 0.05) is 12.0 Å². The quantitative estimate of drug-likeness (QED) is 0.675. The van der Waals surface area contributed by atoms with Crippen LogP contribution in [0.2, 0.25) is 0 Å². The van der Waals surface area contributed by atoms with Gasteiger partial charge >= 0.3 is 6.18 Å². The van der Waals surface area contributed by atoms with Crippen LogP contribution in [0.1, 0.15) is 43.5 Å². The van der Waals surface area contributed by atoms with E-state index >= 15 is 0 Å². The number of nitrogens with zero attached hydrogens (tertiary/aromatic N) is 3. The predicted octanol–water partition coefficient (Wildman–Crippen LogP) is 4.58. The minimum atomic E-state index is -4.74. The first kappa shape index (κ1) is 23.2. The molecule has 1 aliphatic rings. The van der Waals surface area contributed by atoms with E-state index in [2.05, 4.69) is 4.98 Å². The lowest BCUT2D eigenvalue weighted by molar-refractivity contribution is -0.239. The van der Waals surface area contributed by atoms with Gasteiger partial charge in [-0.15, -0.1) is 0 Å². The van der Waals surface area contributed by atoms with Crippen LogP contribution in [0.25, 0.3) is 0 Å². The van der Waals surface area contributed by atoms with Crippen molar-refractivity contribution in [2.45, 2.75) is 50.9 Å². The number of aromatic nitrogens is 1. The zero-order valence-electron chi connectivity index (χ0n) is 17.5. The third-order valence-electron chi connectivity index (χ3n) is 6.41. The van der Waals surface area contributed by atoms with Gasteiger partial charge in [0.1, 0.15) is 5.82 Å². The Morgan fingerprint density at radius 3 is 2.42 bits per heavy atom. The van der Waals surface area contributed by atoms with Crippen molar-refractivity contribution >= 4 is 0 Å². The number of rotatable bonds is 6. The summed E-state index contributed by atoms with van der Waals surface area (Å²) in [6.07, 6.45) is -5.44. The van der Waals surface area contributed by atoms with Crippen LogP contribution in [0.5, 0.6) is 0 Å². The van der Waals surface area contributed by atoms with E-state index in [-0.39, 0.29) is 19.4 Å². The molecule has 4 nitrogen and oxygen atoms in total. The molecule has 2 aromatic rings. The molecule has 1 aromatic carbocycles. The van der Waals surface area contributed by atoms with Crippen LogP contribution >= 0.6 is 0 Å². The first-order chi connectivity index (χ1) is 14.5. The molecule has 0 aliphatic carbocycles. The summed E-state index contributed by atoms with van der Waals surface area (Å²) < 4.78 is 54.1. The fourth-order valence-corrected chi connectivity index (χ4v) is 4.32. The summed E-state index contributed by atoms with van der Waals surface area (Å²) in [6, 6.07) is 11.5. The van der Waals surface area contributed by atoms with Gasteiger partial charge < -0.3 is 5.11 Å². The predicted molar refractivity (Wildman–Crippen MR) is 107 cm³/mol. The van der Waals surface area contributed by atoms with E-state index in [0.29, 0.717) is 24.2 Å². The Labute approximate surface area is 179 Å². The zero-order valence-corrected chi connectivity index (χ0v) is 17.5. The number of hydrogen-bond acceptors (Lipinski definition) is 4. The maximum Gasteiger partial charge on any atom is 0.414 e. The van der Waals surface area contributed by atoms with Crippen molar-refractivity contribution < 1.29 is 22.7 Å². The van der Waals surface area contributed by atoms with Crippen LogP contribution in [0.4, 0.5) is 17.6 Å². The summed E-state index contributed by atoms with van der Waals surface area (Å²) in [7, 11) is 0. The van der Waals surface area contributed by atoms with E-state index in [0.717, 1.165) is 11.8 Å². The van der Waals surface area contributed by atoms with Gasteiger partial charge in [-0.3, -0.25) is 9.88 Å². The van der Waals surface area contributed by atoms with Crippen LogP contribution in [-0.4, -0.2) is 40.4 Å². The molecule has 0 radical (unpaired) electrons. The molecule has 1 saturated heterocycles. The van der Waals surface area contributed by atoms with Gasteiger partial charge in [-0.05, 0) is 69.5 Å². The number of benzene rings is 1. The Morgan fingerprint density at radius 2 is 1.87 bits per heavy atom. The summed E-state index contributed by atoms with van der Waals surface area (Å²) in [4.78, 5) is 5.99. The lowest BCUT2D eigenvalue weighted by Crippen LogP contribution is -2.49. The van der Waals surface area contributed by atoms with Gasteiger partial charge in [-0.2, -0.15) is 18.4 Å². The molecular weight excluding hydrogens is 410 g/mol. The van der Waals surface area contributed by atoms with Crippen LogP contribution in [-0.2, 0) is 12.0 Å². The summed E-state index contributed by atoms with van der Waals surface area (Å²) in [5, 5.41) is 19.2. The molecule has 166 valence electrons. The number of halogens is 4. The van der Waals surface area contributed by atoms with E-state index < -0.39 is 29.1 Å². The molecule has 0 amide bonds. The molecule has 1 aliphatic heterocycles. The molecule has 0 bridgehead atoms. The van der Waals surface area contributed by atoms with Gasteiger partial charge in [0.2, 0.25) is 0 Å². The topological polar surface area (TPSA) is 60.2 Å². The maximum absolute atomic E-state index is 13.6. The molecule has 1 fully saturated rings. The molecule has 0 saturated carbocycles. The fourth-order valence-electron chi connectivity index (χ4n) is 4.32. The molecule has 1 aromatic heterocycles. The Kier molecular flexibility index (Phi) is 6.40. The molecule has 1 N–H and O–H groups in total. The molecule has 2 atom stereocenters. The lowest BCUT2D eigenvalue weighted by Gasteiger charge is -2.39. The largest absolute Gasteiger partial charge is 0.414 e. The minimum Gasteiger partial charge on any atom is -0.383 e. The average molecular weight is 435 g/mol. The van der Waals surface area contributed by atoms with E-state index in [1.807, 2.05) is 24.8 Å². The van der Waals surface area contributed by atoms with Crippen LogP contribution in [0, 0.1) is 22.6 Å². The highest BCUT2D eigenvalue weighted by Crippen LogP contribution is 2.47. The van der Waals surface area contributed by atoms with E-state index in [1.165, 1.54) is 12.1 Å². The minimum absolute atomic E-state index is 0.0377. The van der Waals surface area contributed by atoms with E-state index in [1.54, 1.807) is 24.3 Å². The number of aliphatic hydroxyl groups is 1. The summed E-state index contributed by atoms with van der Waals surface area (Å²) in [6.45, 7) is 4.07. The molecule has 0 spiro atoms. The van der Waals surface area contributed by atoms with Crippen molar-refractivity contribution in [3.8, 4) is 6.07 Å². The third-order valence-corrected chi connectivity index (χ3v) is 6.41. The van der Waals surface area contributed by atoms with Crippen LogP contribution in [0.3, 0.4) is 0 Å². The summed E-state index contributed by atoms with van der Waals surface area (Å²) in [5.74, 6) is -0.481. The smallest absolute Gasteiger partial charge is 0.383 e. The number of aryl methyl sites for hydroxylation is 1. The summed E-state index contributed by atoms with van der Waals surface area (Å²) in [5.41, 5.74) is -0.253. The van der Waals surface area contributed by atoms with Gasteiger partial charge in [0.15, 0.2) is 6.10 Å². The number of alkyl halides is 3. The van der Waals surface area contributed by atoms with E-state index in [9.17, 15) is 22.7 Å². The van der Waals surface area contributed by atoms with Crippen LogP contribution in [0.15, 0.2) is 42.6 Å². The number of nitriles is 1. The third kappa shape index (κ3) is 4.89. The van der Waals surface area contributed by atoms with Crippen molar-refractivity contribution in [1.82, 2.24) is 9.88 Å². The number of pyridine rings is 1. The average Bonchev–Trinajstić information content (AvgIpc) is 3.18. The van der Waals surface area contributed by atoms with Crippen molar-refractivity contribution in [1.29, 1.82) is 5.26 Å². The first-order valence-corrected chi connectivity index (χ1v) is 10.1. The van der Waals surface area contributed by atoms with Crippen molar-refractivity contribution in [2.24, 2.45) is 5.41 Å². The van der Waals surface area contributed by atoms with Crippen LogP contribution < -0.4 is 0 Å². The maximum atomic E-state index is 13.6. The molecule has 2 heterocycles. The van der Waals surface area contributed by atoms with Gasteiger partial charge in [-0.25, -0.2) is 4.39 Å². The van der Waals surface area contributed by atoms with Crippen molar-refractivity contribution in [2.75, 3.05) is 13.1 Å². The van der Waals surface area contributed by atoms with Crippen molar-refractivity contribution in [3.63, 3.8) is 0 Å². The second kappa shape index (κ2) is 8.56. The van der Waals surface area contributed by atoms with Crippen molar-refractivity contribution in [3.05, 3.63) is 65.2 Å². The number of likely N-dealkylation sites (tertiary alicyclic amines) is 1. The SMILES string of the molecule is CC(C)(c1ccc(F)cn1)N1CC[C@](CCc2ccc(C#N)cc2)([C@@H](O)C(F)(F)F)C1. The first-order valence-electron chi connectivity index (χ1n) is 10.1. The monoisotopic (exact) mass is 435 g/mol. The standard InChI is InChI=1S/C23H25F4N3O/c1-21(2,19-8-7-18(24)14-29-19)30-12-11-22(15-30,20(31)23(25,26)27)10-9-16-3-5-17(13-28)6-4-16/h3-8,14,20,31H,9-12,15H2,1-2H3/t20-,22+/m1/s1. The summed E-state index contributed by atoms with van der Waals surface area (Å²) >= 11 is 0. The Balaban J connectivity index is 1.84. The van der Waals surface area contributed by atoms with Gasteiger partial charge in [-0.1, -0.05) is 12.1 Å². The molecule has 8 heteroatoms. The second-order valence-corrected chi connectivity index (χ2v) is 8.71. The number of hydrogen-bond donors (Lipinski definition) is 1. The van der Waals surface area contributed by atoms with E-state index in [4.69, 9.17) is 5.26 Å². The fraction of sp³-hybridized carbons (Fsp3) is 0.478. The number of aliphatic hydroxyl groups excluding tert-OH is 1. The molecule has 3 rings (SSSR count). The zero-order chi connectivity index (χ0) is 22.9. The highest BCUT2D eigenvalue weighted by molar-refractivity contribution is 5.31. The highest BCUT2D eigenvalue weighted by Gasteiger charge is 2.56. The Bertz CT molecular complexity index is 935.